The maximum Gasteiger partial charge on any atom is 0.317 e. The van der Waals surface area contributed by atoms with Gasteiger partial charge in [-0.3, -0.25) is 0 Å². The molecular formula is C14H28N2O. The molecule has 1 aliphatic rings. The Morgan fingerprint density at radius 2 is 1.94 bits per heavy atom. The van der Waals surface area contributed by atoms with E-state index in [0.29, 0.717) is 6.04 Å². The molecule has 0 spiro atoms. The highest BCUT2D eigenvalue weighted by molar-refractivity contribution is 5.74. The number of hydrogen-bond acceptors (Lipinski definition) is 1. The number of hydrogen-bond donors (Lipinski definition) is 1. The van der Waals surface area contributed by atoms with E-state index in [9.17, 15) is 4.79 Å². The second-order valence-electron chi connectivity index (χ2n) is 5.06. The van der Waals surface area contributed by atoms with Gasteiger partial charge in [0.15, 0.2) is 0 Å². The molecule has 0 bridgehead atoms. The zero-order valence-corrected chi connectivity index (χ0v) is 11.7. The molecule has 2 amide bonds. The third kappa shape index (κ3) is 4.21. The van der Waals surface area contributed by atoms with Crippen LogP contribution in [0, 0.1) is 5.92 Å². The van der Waals surface area contributed by atoms with Crippen LogP contribution in [0.15, 0.2) is 0 Å². The van der Waals surface area contributed by atoms with Gasteiger partial charge < -0.3 is 10.2 Å². The molecule has 3 nitrogen and oxygen atoms in total. The maximum atomic E-state index is 12.0. The first-order valence-electron chi connectivity index (χ1n) is 7.28. The topological polar surface area (TPSA) is 32.3 Å². The number of nitrogens with zero attached hydrogens (tertiary/aromatic N) is 1. The van der Waals surface area contributed by atoms with Gasteiger partial charge in [0, 0.05) is 19.1 Å². The fraction of sp³-hybridized carbons (Fsp3) is 0.929. The molecule has 0 saturated heterocycles. The second-order valence-corrected chi connectivity index (χ2v) is 5.06. The van der Waals surface area contributed by atoms with Gasteiger partial charge >= 0.3 is 6.03 Å². The summed E-state index contributed by atoms with van der Waals surface area (Å²) >= 11 is 0. The molecule has 1 aliphatic carbocycles. The minimum Gasteiger partial charge on any atom is -0.335 e. The van der Waals surface area contributed by atoms with Crippen molar-refractivity contribution in [3.63, 3.8) is 0 Å². The molecule has 0 aliphatic heterocycles. The Morgan fingerprint density at radius 1 is 1.24 bits per heavy atom. The minimum atomic E-state index is 0.128. The Labute approximate surface area is 106 Å². The van der Waals surface area contributed by atoms with E-state index in [1.165, 1.54) is 38.5 Å². The van der Waals surface area contributed by atoms with Gasteiger partial charge in [-0.1, -0.05) is 26.2 Å². The number of unbranched alkanes of at least 4 members (excludes halogenated alkanes) is 1. The van der Waals surface area contributed by atoms with Gasteiger partial charge in [-0.2, -0.15) is 0 Å². The van der Waals surface area contributed by atoms with E-state index < -0.39 is 0 Å². The van der Waals surface area contributed by atoms with E-state index in [4.69, 9.17) is 0 Å². The van der Waals surface area contributed by atoms with Crippen molar-refractivity contribution in [2.24, 2.45) is 5.92 Å². The van der Waals surface area contributed by atoms with Crippen molar-refractivity contribution < 1.29 is 4.79 Å². The Kier molecular flexibility index (Phi) is 6.38. The normalized spacial score (nSPS) is 23.7. The maximum absolute atomic E-state index is 12.0. The lowest BCUT2D eigenvalue weighted by atomic mass is 9.97. The first kappa shape index (κ1) is 14.3. The molecule has 100 valence electrons. The lowest BCUT2D eigenvalue weighted by Crippen LogP contribution is -2.46. The van der Waals surface area contributed by atoms with Crippen molar-refractivity contribution in [3.05, 3.63) is 0 Å². The van der Waals surface area contributed by atoms with E-state index >= 15 is 0 Å². The SMILES string of the molecule is CCCC[C@H]1CCC[C@@H]1NC(=O)N(CC)CC. The van der Waals surface area contributed by atoms with Crippen molar-refractivity contribution in [2.75, 3.05) is 13.1 Å². The Bertz CT molecular complexity index is 226. The number of carbonyl (C=O) groups is 1. The van der Waals surface area contributed by atoms with Gasteiger partial charge in [-0.05, 0) is 39.0 Å². The molecule has 0 aromatic rings. The van der Waals surface area contributed by atoms with Gasteiger partial charge in [-0.15, -0.1) is 0 Å². The highest BCUT2D eigenvalue weighted by Crippen LogP contribution is 2.29. The number of amides is 2. The van der Waals surface area contributed by atoms with E-state index in [1.807, 2.05) is 18.7 Å². The fourth-order valence-electron chi connectivity index (χ4n) is 2.80. The Morgan fingerprint density at radius 3 is 2.53 bits per heavy atom. The summed E-state index contributed by atoms with van der Waals surface area (Å²) < 4.78 is 0. The number of carbonyl (C=O) groups excluding carboxylic acids is 1. The largest absolute Gasteiger partial charge is 0.335 e. The van der Waals surface area contributed by atoms with Crippen LogP contribution in [0.4, 0.5) is 4.79 Å². The molecule has 0 heterocycles. The van der Waals surface area contributed by atoms with Crippen LogP contribution in [0.1, 0.15) is 59.3 Å². The van der Waals surface area contributed by atoms with Gasteiger partial charge in [0.1, 0.15) is 0 Å². The molecule has 0 aromatic heterocycles. The van der Waals surface area contributed by atoms with Crippen molar-refractivity contribution >= 4 is 6.03 Å². The molecule has 1 rings (SSSR count). The predicted molar refractivity (Wildman–Crippen MR) is 72.1 cm³/mol. The van der Waals surface area contributed by atoms with E-state index in [1.54, 1.807) is 0 Å². The molecule has 1 saturated carbocycles. The number of urea groups is 1. The molecule has 3 heteroatoms. The summed E-state index contributed by atoms with van der Waals surface area (Å²) in [7, 11) is 0. The number of nitrogens with one attached hydrogen (secondary N) is 1. The molecule has 0 aromatic carbocycles. The van der Waals surface area contributed by atoms with Crippen LogP contribution in [-0.2, 0) is 0 Å². The highest BCUT2D eigenvalue weighted by atomic mass is 16.2. The fourth-order valence-corrected chi connectivity index (χ4v) is 2.80. The van der Waals surface area contributed by atoms with Crippen LogP contribution >= 0.6 is 0 Å². The average molecular weight is 240 g/mol. The smallest absolute Gasteiger partial charge is 0.317 e. The van der Waals surface area contributed by atoms with Crippen LogP contribution in [-0.4, -0.2) is 30.1 Å². The summed E-state index contributed by atoms with van der Waals surface area (Å²) in [6, 6.07) is 0.554. The first-order chi connectivity index (χ1) is 8.22. The third-order valence-corrected chi connectivity index (χ3v) is 3.95. The van der Waals surface area contributed by atoms with Crippen LogP contribution in [0.3, 0.4) is 0 Å². The third-order valence-electron chi connectivity index (χ3n) is 3.95. The highest BCUT2D eigenvalue weighted by Gasteiger charge is 2.28. The predicted octanol–water partition coefficient (Wildman–Crippen LogP) is 3.40. The van der Waals surface area contributed by atoms with Crippen LogP contribution in [0.25, 0.3) is 0 Å². The molecular weight excluding hydrogens is 212 g/mol. The lowest BCUT2D eigenvalue weighted by molar-refractivity contribution is 0.195. The molecule has 17 heavy (non-hydrogen) atoms. The van der Waals surface area contributed by atoms with Gasteiger partial charge in [0.25, 0.3) is 0 Å². The number of rotatable bonds is 6. The summed E-state index contributed by atoms with van der Waals surface area (Å²) in [5, 5.41) is 3.23. The quantitative estimate of drug-likeness (QED) is 0.758. The monoisotopic (exact) mass is 240 g/mol. The summed E-state index contributed by atoms with van der Waals surface area (Å²) in [5.74, 6) is 0.717. The van der Waals surface area contributed by atoms with Crippen molar-refractivity contribution in [2.45, 2.75) is 65.3 Å². The van der Waals surface area contributed by atoms with Crippen molar-refractivity contribution in [1.29, 1.82) is 0 Å². The average Bonchev–Trinajstić information content (AvgIpc) is 2.75. The van der Waals surface area contributed by atoms with E-state index in [2.05, 4.69) is 12.2 Å². The van der Waals surface area contributed by atoms with Gasteiger partial charge in [0.05, 0.1) is 0 Å². The van der Waals surface area contributed by atoms with E-state index in [0.717, 1.165) is 19.0 Å². The van der Waals surface area contributed by atoms with Crippen LogP contribution in [0.2, 0.25) is 0 Å². The molecule has 2 atom stereocenters. The second kappa shape index (κ2) is 7.57. The zero-order chi connectivity index (χ0) is 12.7. The molecule has 0 unspecified atom stereocenters. The standard InChI is InChI=1S/C14H28N2O/c1-4-7-9-12-10-8-11-13(12)15-14(17)16(5-2)6-3/h12-13H,4-11H2,1-3H3,(H,15,17)/t12-,13-/m0/s1. The van der Waals surface area contributed by atoms with Gasteiger partial charge in [-0.25, -0.2) is 4.79 Å². The summed E-state index contributed by atoms with van der Waals surface area (Å²) in [6.07, 6.45) is 7.57. The molecule has 0 radical (unpaired) electrons. The summed E-state index contributed by atoms with van der Waals surface area (Å²) in [5.41, 5.74) is 0. The summed E-state index contributed by atoms with van der Waals surface area (Å²) in [4.78, 5) is 13.9. The first-order valence-corrected chi connectivity index (χ1v) is 7.28. The summed E-state index contributed by atoms with van der Waals surface area (Å²) in [6.45, 7) is 7.90. The van der Waals surface area contributed by atoms with E-state index in [-0.39, 0.29) is 6.03 Å². The molecule has 1 fully saturated rings. The zero-order valence-electron chi connectivity index (χ0n) is 11.7. The Balaban J connectivity index is 2.40. The van der Waals surface area contributed by atoms with Gasteiger partial charge in [0.2, 0.25) is 0 Å². The van der Waals surface area contributed by atoms with Crippen LogP contribution < -0.4 is 5.32 Å². The lowest BCUT2D eigenvalue weighted by Gasteiger charge is -2.25. The van der Waals surface area contributed by atoms with Crippen molar-refractivity contribution in [3.8, 4) is 0 Å². The minimum absolute atomic E-state index is 0.128. The van der Waals surface area contributed by atoms with Crippen molar-refractivity contribution in [1.82, 2.24) is 10.2 Å². The Hall–Kier alpha value is -0.730. The van der Waals surface area contributed by atoms with Crippen LogP contribution in [0.5, 0.6) is 0 Å². The molecule has 1 N–H and O–H groups in total.